The topological polar surface area (TPSA) is 49.8 Å². The van der Waals surface area contributed by atoms with Crippen molar-refractivity contribution in [3.8, 4) is 0 Å². The maximum atomic E-state index is 13.8. The summed E-state index contributed by atoms with van der Waals surface area (Å²) in [6, 6.07) is 4.56. The fourth-order valence-electron chi connectivity index (χ4n) is 3.55. The molecular weight excluding hydrogens is 273 g/mol. The largest absolute Gasteiger partial charge is 0.481 e. The minimum absolute atomic E-state index is 0.366. The Labute approximate surface area is 123 Å². The number of aliphatic carboxylic acids is 1. The number of morpholine rings is 1. The second-order valence-corrected chi connectivity index (χ2v) is 5.86. The normalized spacial score (nSPS) is 21.5. The highest BCUT2D eigenvalue weighted by atomic mass is 19.1. The molecule has 0 spiro atoms. The molecule has 0 amide bonds. The maximum absolute atomic E-state index is 13.8. The SMILES string of the molecule is O=C(O)C1(c2cc(F)ccc2N2CCOCC2)CCCC1. The first kappa shape index (κ1) is 14.3. The summed E-state index contributed by atoms with van der Waals surface area (Å²) in [4.78, 5) is 14.0. The molecule has 1 N–H and O–H groups in total. The minimum Gasteiger partial charge on any atom is -0.481 e. The number of halogens is 1. The van der Waals surface area contributed by atoms with Gasteiger partial charge in [-0.25, -0.2) is 4.39 Å². The Morgan fingerprint density at radius 2 is 1.90 bits per heavy atom. The molecule has 0 bridgehead atoms. The monoisotopic (exact) mass is 293 g/mol. The van der Waals surface area contributed by atoms with Crippen molar-refractivity contribution in [3.63, 3.8) is 0 Å². The van der Waals surface area contributed by atoms with Crippen LogP contribution in [0.15, 0.2) is 18.2 Å². The Balaban J connectivity index is 2.07. The molecule has 4 nitrogen and oxygen atoms in total. The summed E-state index contributed by atoms with van der Waals surface area (Å²) < 4.78 is 19.1. The van der Waals surface area contributed by atoms with Gasteiger partial charge in [-0.2, -0.15) is 0 Å². The van der Waals surface area contributed by atoms with Crippen LogP contribution < -0.4 is 4.90 Å². The molecule has 1 aromatic carbocycles. The summed E-state index contributed by atoms with van der Waals surface area (Å²) in [7, 11) is 0. The van der Waals surface area contributed by atoms with Crippen molar-refractivity contribution >= 4 is 11.7 Å². The third-order valence-electron chi connectivity index (χ3n) is 4.69. The molecule has 1 aliphatic carbocycles. The quantitative estimate of drug-likeness (QED) is 0.930. The Morgan fingerprint density at radius 1 is 1.24 bits per heavy atom. The van der Waals surface area contributed by atoms with E-state index in [9.17, 15) is 14.3 Å². The van der Waals surface area contributed by atoms with E-state index in [4.69, 9.17) is 4.74 Å². The summed E-state index contributed by atoms with van der Waals surface area (Å²) in [6.45, 7) is 2.68. The van der Waals surface area contributed by atoms with E-state index in [1.807, 2.05) is 0 Å². The molecule has 0 aromatic heterocycles. The molecule has 0 atom stereocenters. The van der Waals surface area contributed by atoms with Crippen LogP contribution in [0.2, 0.25) is 0 Å². The van der Waals surface area contributed by atoms with E-state index in [0.29, 0.717) is 44.7 Å². The molecule has 114 valence electrons. The van der Waals surface area contributed by atoms with Gasteiger partial charge in [-0.15, -0.1) is 0 Å². The van der Waals surface area contributed by atoms with Crippen LogP contribution in [0.3, 0.4) is 0 Å². The summed E-state index contributed by atoms with van der Waals surface area (Å²) in [5.41, 5.74) is 0.550. The van der Waals surface area contributed by atoms with Gasteiger partial charge in [0.15, 0.2) is 0 Å². The molecule has 1 heterocycles. The Kier molecular flexibility index (Phi) is 3.85. The van der Waals surface area contributed by atoms with E-state index >= 15 is 0 Å². The fourth-order valence-corrected chi connectivity index (χ4v) is 3.55. The predicted octanol–water partition coefficient (Wildman–Crippen LogP) is 2.56. The molecular formula is C16H20FNO3. The van der Waals surface area contributed by atoms with Crippen molar-refractivity contribution in [1.82, 2.24) is 0 Å². The summed E-state index contributed by atoms with van der Waals surface area (Å²) in [6.07, 6.45) is 2.93. The molecule has 1 saturated carbocycles. The zero-order chi connectivity index (χ0) is 14.9. The zero-order valence-corrected chi connectivity index (χ0v) is 12.0. The summed E-state index contributed by atoms with van der Waals surface area (Å²) in [5.74, 6) is -1.20. The van der Waals surface area contributed by atoms with Crippen LogP contribution in [-0.2, 0) is 14.9 Å². The van der Waals surface area contributed by atoms with Gasteiger partial charge in [0.25, 0.3) is 0 Å². The van der Waals surface area contributed by atoms with Gasteiger partial charge in [0.1, 0.15) is 5.82 Å². The maximum Gasteiger partial charge on any atom is 0.314 e. The molecule has 1 saturated heterocycles. The molecule has 5 heteroatoms. The zero-order valence-electron chi connectivity index (χ0n) is 12.0. The lowest BCUT2D eigenvalue weighted by Gasteiger charge is -2.35. The van der Waals surface area contributed by atoms with Crippen molar-refractivity contribution in [2.45, 2.75) is 31.1 Å². The van der Waals surface area contributed by atoms with E-state index in [1.165, 1.54) is 12.1 Å². The number of nitrogens with zero attached hydrogens (tertiary/aromatic N) is 1. The number of carboxylic acid groups (broad SMARTS) is 1. The molecule has 0 radical (unpaired) electrons. The van der Waals surface area contributed by atoms with Gasteiger partial charge in [0, 0.05) is 18.8 Å². The van der Waals surface area contributed by atoms with Gasteiger partial charge in [-0.05, 0) is 36.6 Å². The number of hydrogen-bond donors (Lipinski definition) is 1. The highest BCUT2D eigenvalue weighted by molar-refractivity contribution is 5.84. The van der Waals surface area contributed by atoms with E-state index in [1.54, 1.807) is 6.07 Å². The first-order chi connectivity index (χ1) is 10.1. The van der Waals surface area contributed by atoms with Crippen molar-refractivity contribution < 1.29 is 19.0 Å². The fraction of sp³-hybridized carbons (Fsp3) is 0.562. The smallest absolute Gasteiger partial charge is 0.314 e. The molecule has 1 aliphatic heterocycles. The lowest BCUT2D eigenvalue weighted by atomic mass is 9.77. The van der Waals surface area contributed by atoms with E-state index in [2.05, 4.69) is 4.90 Å². The lowest BCUT2D eigenvalue weighted by molar-refractivity contribution is -0.143. The van der Waals surface area contributed by atoms with Gasteiger partial charge in [0.2, 0.25) is 0 Å². The van der Waals surface area contributed by atoms with Crippen LogP contribution in [0.1, 0.15) is 31.2 Å². The third-order valence-corrected chi connectivity index (χ3v) is 4.69. The van der Waals surface area contributed by atoms with Gasteiger partial charge in [-0.3, -0.25) is 4.79 Å². The number of anilines is 1. The number of carboxylic acids is 1. The summed E-state index contributed by atoms with van der Waals surface area (Å²) in [5, 5.41) is 9.77. The average molecular weight is 293 g/mol. The standard InChI is InChI=1S/C16H20FNO3/c17-12-3-4-14(18-7-9-21-10-8-18)13(11-12)16(15(19)20)5-1-2-6-16/h3-4,11H,1-2,5-10H2,(H,19,20). The van der Waals surface area contributed by atoms with Crippen LogP contribution in [0.25, 0.3) is 0 Å². The number of rotatable bonds is 3. The molecule has 21 heavy (non-hydrogen) atoms. The summed E-state index contributed by atoms with van der Waals surface area (Å²) >= 11 is 0. The Morgan fingerprint density at radius 3 is 2.52 bits per heavy atom. The molecule has 2 fully saturated rings. The van der Waals surface area contributed by atoms with Gasteiger partial charge in [-0.1, -0.05) is 12.8 Å². The van der Waals surface area contributed by atoms with E-state index < -0.39 is 11.4 Å². The van der Waals surface area contributed by atoms with Crippen LogP contribution in [-0.4, -0.2) is 37.4 Å². The van der Waals surface area contributed by atoms with Crippen molar-refractivity contribution in [2.24, 2.45) is 0 Å². The first-order valence-electron chi connectivity index (χ1n) is 7.50. The van der Waals surface area contributed by atoms with Crippen LogP contribution in [0.4, 0.5) is 10.1 Å². The Bertz CT molecular complexity index is 534. The van der Waals surface area contributed by atoms with Crippen molar-refractivity contribution in [2.75, 3.05) is 31.2 Å². The highest BCUT2D eigenvalue weighted by Gasteiger charge is 2.45. The first-order valence-corrected chi connectivity index (χ1v) is 7.50. The molecule has 2 aliphatic rings. The van der Waals surface area contributed by atoms with Gasteiger partial charge < -0.3 is 14.7 Å². The van der Waals surface area contributed by atoms with Gasteiger partial charge in [0.05, 0.1) is 18.6 Å². The van der Waals surface area contributed by atoms with Gasteiger partial charge >= 0.3 is 5.97 Å². The second-order valence-electron chi connectivity index (χ2n) is 5.86. The lowest BCUT2D eigenvalue weighted by Crippen LogP contribution is -2.40. The van der Waals surface area contributed by atoms with Crippen LogP contribution >= 0.6 is 0 Å². The van der Waals surface area contributed by atoms with E-state index in [0.717, 1.165) is 18.5 Å². The molecule has 1 aromatic rings. The average Bonchev–Trinajstić information content (AvgIpc) is 2.99. The van der Waals surface area contributed by atoms with Crippen LogP contribution in [0, 0.1) is 5.82 Å². The Hall–Kier alpha value is -1.62. The number of carbonyl (C=O) groups is 1. The van der Waals surface area contributed by atoms with Crippen LogP contribution in [0.5, 0.6) is 0 Å². The minimum atomic E-state index is -0.935. The van der Waals surface area contributed by atoms with Crippen molar-refractivity contribution in [3.05, 3.63) is 29.6 Å². The predicted molar refractivity (Wildman–Crippen MR) is 77.2 cm³/mol. The highest BCUT2D eigenvalue weighted by Crippen LogP contribution is 2.45. The second kappa shape index (κ2) is 5.64. The van der Waals surface area contributed by atoms with Crippen molar-refractivity contribution in [1.29, 1.82) is 0 Å². The molecule has 0 unspecified atom stereocenters. The van der Waals surface area contributed by atoms with E-state index in [-0.39, 0.29) is 5.82 Å². The number of ether oxygens (including phenoxy) is 1. The third kappa shape index (κ3) is 2.50. The number of hydrogen-bond acceptors (Lipinski definition) is 3. The number of benzene rings is 1. The molecule has 3 rings (SSSR count).